The number of hydrogen-bond donors (Lipinski definition) is 3. The van der Waals surface area contributed by atoms with Gasteiger partial charge in [0.25, 0.3) is 0 Å². The number of rotatable bonds is 5. The first kappa shape index (κ1) is 14.5. The van der Waals surface area contributed by atoms with Gasteiger partial charge < -0.3 is 15.7 Å². The molecule has 6 heteroatoms. The van der Waals surface area contributed by atoms with E-state index in [1.165, 1.54) is 6.92 Å². The summed E-state index contributed by atoms with van der Waals surface area (Å²) in [5.74, 6) is -0.211. The maximum Gasteiger partial charge on any atom is 0.404 e. The molecule has 1 unspecified atom stereocenters. The molecule has 1 aromatic carbocycles. The maximum atomic E-state index is 10.8. The molecule has 6 nitrogen and oxygen atoms in total. The second-order valence-electron chi connectivity index (χ2n) is 4.10. The fourth-order valence-corrected chi connectivity index (χ4v) is 1.62. The van der Waals surface area contributed by atoms with Gasteiger partial charge >= 0.3 is 6.09 Å². The Morgan fingerprint density at radius 2 is 2.00 bits per heavy atom. The lowest BCUT2D eigenvalue weighted by Gasteiger charge is -2.17. The van der Waals surface area contributed by atoms with E-state index in [4.69, 9.17) is 10.4 Å². The zero-order chi connectivity index (χ0) is 14.3. The zero-order valence-electron chi connectivity index (χ0n) is 10.5. The first-order valence-electron chi connectivity index (χ1n) is 5.74. The van der Waals surface area contributed by atoms with Crippen LogP contribution in [0.5, 0.6) is 0 Å². The number of carbonyl (C=O) groups is 2. The molecular formula is C13H15N3O3. The Morgan fingerprint density at radius 1 is 1.37 bits per heavy atom. The number of nitriles is 1. The number of hydrogen-bond acceptors (Lipinski definition) is 3. The second-order valence-corrected chi connectivity index (χ2v) is 4.10. The molecule has 2 amide bonds. The van der Waals surface area contributed by atoms with Crippen molar-refractivity contribution in [1.29, 1.82) is 5.26 Å². The summed E-state index contributed by atoms with van der Waals surface area (Å²) in [5, 5.41) is 22.4. The first-order chi connectivity index (χ1) is 9.01. The van der Waals surface area contributed by atoms with Crippen LogP contribution < -0.4 is 10.6 Å². The third-order valence-corrected chi connectivity index (χ3v) is 2.49. The topological polar surface area (TPSA) is 102 Å². The number of amides is 2. The van der Waals surface area contributed by atoms with Crippen LogP contribution in [0.1, 0.15) is 18.1 Å². The molecule has 0 radical (unpaired) electrons. The molecule has 100 valence electrons. The van der Waals surface area contributed by atoms with E-state index in [1.54, 1.807) is 24.3 Å². The number of nitrogens with one attached hydrogen (secondary N) is 2. The average Bonchev–Trinajstić information content (AvgIpc) is 2.36. The molecule has 1 rings (SSSR count). The average molecular weight is 261 g/mol. The highest BCUT2D eigenvalue weighted by atomic mass is 16.4. The Labute approximate surface area is 111 Å². The summed E-state index contributed by atoms with van der Waals surface area (Å²) in [5.41, 5.74) is 1.44. The van der Waals surface area contributed by atoms with Crippen molar-refractivity contribution in [3.05, 3.63) is 35.4 Å². The van der Waals surface area contributed by atoms with Gasteiger partial charge in [0.2, 0.25) is 5.91 Å². The van der Waals surface area contributed by atoms with Gasteiger partial charge in [-0.1, -0.05) is 12.1 Å². The molecule has 0 saturated carbocycles. The van der Waals surface area contributed by atoms with Crippen molar-refractivity contribution in [3.8, 4) is 6.07 Å². The van der Waals surface area contributed by atoms with Gasteiger partial charge in [-0.15, -0.1) is 0 Å². The lowest BCUT2D eigenvalue weighted by molar-refractivity contribution is -0.119. The Balaban J connectivity index is 2.66. The van der Waals surface area contributed by atoms with Crippen molar-refractivity contribution in [2.45, 2.75) is 19.4 Å². The molecule has 0 bridgehead atoms. The lowest BCUT2D eigenvalue weighted by Crippen LogP contribution is -2.44. The smallest absolute Gasteiger partial charge is 0.404 e. The summed E-state index contributed by atoms with van der Waals surface area (Å²) >= 11 is 0. The van der Waals surface area contributed by atoms with Crippen LogP contribution in [-0.4, -0.2) is 29.7 Å². The van der Waals surface area contributed by atoms with Crippen LogP contribution in [0.3, 0.4) is 0 Å². The Bertz CT molecular complexity index is 491. The van der Waals surface area contributed by atoms with Gasteiger partial charge in [-0.25, -0.2) is 4.79 Å². The molecule has 0 spiro atoms. The van der Waals surface area contributed by atoms with Crippen LogP contribution >= 0.6 is 0 Å². The summed E-state index contributed by atoms with van der Waals surface area (Å²) in [6.07, 6.45) is -0.692. The third kappa shape index (κ3) is 5.55. The minimum Gasteiger partial charge on any atom is -0.465 e. The highest BCUT2D eigenvalue weighted by Crippen LogP contribution is 2.06. The highest BCUT2D eigenvalue weighted by molar-refractivity contribution is 5.73. The fraction of sp³-hybridized carbons (Fsp3) is 0.308. The summed E-state index contributed by atoms with van der Waals surface area (Å²) < 4.78 is 0. The molecule has 19 heavy (non-hydrogen) atoms. The molecule has 0 aliphatic carbocycles. The van der Waals surface area contributed by atoms with Crippen LogP contribution in [0.25, 0.3) is 0 Å². The molecule has 0 aliphatic rings. The van der Waals surface area contributed by atoms with E-state index < -0.39 is 12.1 Å². The van der Waals surface area contributed by atoms with Crippen molar-refractivity contribution in [2.75, 3.05) is 6.54 Å². The van der Waals surface area contributed by atoms with Gasteiger partial charge in [0, 0.05) is 13.5 Å². The minimum atomic E-state index is -1.14. The fourth-order valence-electron chi connectivity index (χ4n) is 1.62. The molecular weight excluding hydrogens is 246 g/mol. The quantitative estimate of drug-likeness (QED) is 0.731. The van der Waals surface area contributed by atoms with E-state index in [0.717, 1.165) is 5.56 Å². The Kier molecular flexibility index (Phi) is 5.35. The summed E-state index contributed by atoms with van der Waals surface area (Å²) in [6, 6.07) is 8.48. The van der Waals surface area contributed by atoms with E-state index >= 15 is 0 Å². The standard InChI is InChI=1S/C13H15N3O3/c1-9(17)15-8-12(16-13(18)19)6-10-2-4-11(7-14)5-3-10/h2-5,12,16H,6,8H2,1H3,(H,15,17)(H,18,19). The predicted molar refractivity (Wildman–Crippen MR) is 68.5 cm³/mol. The summed E-state index contributed by atoms with van der Waals surface area (Å²) in [6.45, 7) is 1.60. The molecule has 1 aromatic rings. The van der Waals surface area contributed by atoms with Gasteiger partial charge in [0.05, 0.1) is 17.7 Å². The van der Waals surface area contributed by atoms with Crippen molar-refractivity contribution in [2.24, 2.45) is 0 Å². The van der Waals surface area contributed by atoms with Crippen LogP contribution in [-0.2, 0) is 11.2 Å². The third-order valence-electron chi connectivity index (χ3n) is 2.49. The maximum absolute atomic E-state index is 10.8. The van der Waals surface area contributed by atoms with Gasteiger partial charge in [-0.05, 0) is 24.1 Å². The highest BCUT2D eigenvalue weighted by Gasteiger charge is 2.12. The van der Waals surface area contributed by atoms with E-state index in [9.17, 15) is 9.59 Å². The largest absolute Gasteiger partial charge is 0.465 e. The van der Waals surface area contributed by atoms with E-state index in [1.807, 2.05) is 6.07 Å². The van der Waals surface area contributed by atoms with Crippen LogP contribution in [0, 0.1) is 11.3 Å². The predicted octanol–water partition coefficient (Wildman–Crippen LogP) is 0.873. The SMILES string of the molecule is CC(=O)NCC(Cc1ccc(C#N)cc1)NC(=O)O. The van der Waals surface area contributed by atoms with E-state index in [0.29, 0.717) is 12.0 Å². The van der Waals surface area contributed by atoms with Crippen LogP contribution in [0.2, 0.25) is 0 Å². The van der Waals surface area contributed by atoms with Gasteiger partial charge in [-0.3, -0.25) is 4.79 Å². The first-order valence-corrected chi connectivity index (χ1v) is 5.74. The Hall–Kier alpha value is -2.55. The van der Waals surface area contributed by atoms with Gasteiger partial charge in [-0.2, -0.15) is 5.26 Å². The molecule has 0 heterocycles. The number of nitrogens with zero attached hydrogens (tertiary/aromatic N) is 1. The molecule has 0 saturated heterocycles. The van der Waals surface area contributed by atoms with Crippen molar-refractivity contribution < 1.29 is 14.7 Å². The summed E-state index contributed by atoms with van der Waals surface area (Å²) in [4.78, 5) is 21.5. The molecule has 3 N–H and O–H groups in total. The molecule has 1 atom stereocenters. The monoisotopic (exact) mass is 261 g/mol. The zero-order valence-corrected chi connectivity index (χ0v) is 10.5. The summed E-state index contributed by atoms with van der Waals surface area (Å²) in [7, 11) is 0. The van der Waals surface area contributed by atoms with Crippen molar-refractivity contribution in [1.82, 2.24) is 10.6 Å². The Morgan fingerprint density at radius 3 is 2.47 bits per heavy atom. The van der Waals surface area contributed by atoms with Crippen molar-refractivity contribution >= 4 is 12.0 Å². The van der Waals surface area contributed by atoms with Crippen LogP contribution in [0.15, 0.2) is 24.3 Å². The van der Waals surface area contributed by atoms with Gasteiger partial charge in [0.15, 0.2) is 0 Å². The molecule has 0 aromatic heterocycles. The molecule has 0 fully saturated rings. The minimum absolute atomic E-state index is 0.211. The van der Waals surface area contributed by atoms with E-state index in [2.05, 4.69) is 10.6 Å². The number of carbonyl (C=O) groups excluding carboxylic acids is 1. The van der Waals surface area contributed by atoms with Gasteiger partial charge in [0.1, 0.15) is 0 Å². The van der Waals surface area contributed by atoms with E-state index in [-0.39, 0.29) is 12.5 Å². The number of benzene rings is 1. The molecule has 0 aliphatic heterocycles. The second kappa shape index (κ2) is 7.01. The van der Waals surface area contributed by atoms with Crippen molar-refractivity contribution in [3.63, 3.8) is 0 Å². The normalized spacial score (nSPS) is 11.2. The number of carboxylic acid groups (broad SMARTS) is 1. The van der Waals surface area contributed by atoms with Crippen LogP contribution in [0.4, 0.5) is 4.79 Å². The lowest BCUT2D eigenvalue weighted by atomic mass is 10.0.